The molecule has 0 bridgehead atoms. The predicted molar refractivity (Wildman–Crippen MR) is 69.3 cm³/mol. The number of imidazole rings is 1. The SMILES string of the molecule is CN(CC(=O)N1CCNCC1)Cc1nccn1C(F)F. The molecule has 1 saturated heterocycles. The molecule has 1 aliphatic rings. The third-order valence-electron chi connectivity index (χ3n) is 3.25. The van der Waals surface area contributed by atoms with Crippen LogP contribution in [0, 0.1) is 0 Å². The van der Waals surface area contributed by atoms with E-state index in [0.717, 1.165) is 17.7 Å². The minimum atomic E-state index is -2.61. The van der Waals surface area contributed by atoms with E-state index in [1.54, 1.807) is 16.8 Å². The molecule has 112 valence electrons. The first-order chi connectivity index (χ1) is 9.58. The highest BCUT2D eigenvalue weighted by atomic mass is 19.3. The Bertz CT molecular complexity index is 445. The number of nitrogens with one attached hydrogen (secondary N) is 1. The van der Waals surface area contributed by atoms with Crippen molar-refractivity contribution in [3.05, 3.63) is 18.2 Å². The second-order valence-corrected chi connectivity index (χ2v) is 4.83. The van der Waals surface area contributed by atoms with Crippen molar-refractivity contribution in [3.8, 4) is 0 Å². The van der Waals surface area contributed by atoms with Crippen LogP contribution in [0.2, 0.25) is 0 Å². The number of amides is 1. The Morgan fingerprint density at radius 3 is 2.85 bits per heavy atom. The number of rotatable bonds is 5. The lowest BCUT2D eigenvalue weighted by molar-refractivity contribution is -0.132. The molecule has 0 atom stereocenters. The van der Waals surface area contributed by atoms with Crippen LogP contribution in [0.5, 0.6) is 0 Å². The molecule has 2 rings (SSSR count). The summed E-state index contributed by atoms with van der Waals surface area (Å²) in [5.74, 6) is 0.278. The molecule has 0 radical (unpaired) electrons. The fourth-order valence-corrected chi connectivity index (χ4v) is 2.19. The second kappa shape index (κ2) is 6.76. The average Bonchev–Trinajstić information content (AvgIpc) is 2.87. The number of hydrogen-bond acceptors (Lipinski definition) is 4. The van der Waals surface area contributed by atoms with Gasteiger partial charge in [-0.25, -0.2) is 4.98 Å². The van der Waals surface area contributed by atoms with E-state index in [1.807, 2.05) is 0 Å². The topological polar surface area (TPSA) is 53.4 Å². The van der Waals surface area contributed by atoms with Crippen LogP contribution in [-0.2, 0) is 11.3 Å². The number of carbonyl (C=O) groups is 1. The Kier molecular flexibility index (Phi) is 5.02. The Morgan fingerprint density at radius 1 is 1.50 bits per heavy atom. The number of hydrogen-bond donors (Lipinski definition) is 1. The van der Waals surface area contributed by atoms with E-state index in [4.69, 9.17) is 0 Å². The van der Waals surface area contributed by atoms with Crippen molar-refractivity contribution in [1.29, 1.82) is 0 Å². The van der Waals surface area contributed by atoms with Crippen molar-refractivity contribution in [1.82, 2.24) is 24.7 Å². The molecular weight excluding hydrogens is 268 g/mol. The summed E-state index contributed by atoms with van der Waals surface area (Å²) in [7, 11) is 1.73. The molecule has 1 aliphatic heterocycles. The highest BCUT2D eigenvalue weighted by molar-refractivity contribution is 5.78. The fourth-order valence-electron chi connectivity index (χ4n) is 2.19. The van der Waals surface area contributed by atoms with Crippen LogP contribution >= 0.6 is 0 Å². The first-order valence-corrected chi connectivity index (χ1v) is 6.55. The summed E-state index contributed by atoms with van der Waals surface area (Å²) in [4.78, 5) is 19.4. The van der Waals surface area contributed by atoms with Crippen molar-refractivity contribution in [2.24, 2.45) is 0 Å². The molecule has 0 saturated carbocycles. The number of carbonyl (C=O) groups excluding carboxylic acids is 1. The summed E-state index contributed by atoms with van der Waals surface area (Å²) in [6, 6.07) is 0. The zero-order valence-electron chi connectivity index (χ0n) is 11.4. The van der Waals surface area contributed by atoms with Gasteiger partial charge in [0.2, 0.25) is 5.91 Å². The highest BCUT2D eigenvalue weighted by Crippen LogP contribution is 2.13. The van der Waals surface area contributed by atoms with Gasteiger partial charge in [-0.15, -0.1) is 0 Å². The largest absolute Gasteiger partial charge is 0.339 e. The van der Waals surface area contributed by atoms with Crippen LogP contribution in [0.1, 0.15) is 12.4 Å². The summed E-state index contributed by atoms with van der Waals surface area (Å²) in [5, 5.41) is 3.18. The molecule has 8 heteroatoms. The number of likely N-dealkylation sites (N-methyl/N-ethyl adjacent to an activating group) is 1. The molecule has 0 aromatic carbocycles. The zero-order chi connectivity index (χ0) is 14.5. The maximum atomic E-state index is 12.7. The lowest BCUT2D eigenvalue weighted by Gasteiger charge is -2.29. The number of nitrogens with zero attached hydrogens (tertiary/aromatic N) is 4. The van der Waals surface area contributed by atoms with E-state index >= 15 is 0 Å². The third kappa shape index (κ3) is 3.73. The number of aromatic nitrogens is 2. The van der Waals surface area contributed by atoms with E-state index in [2.05, 4.69) is 10.3 Å². The quantitative estimate of drug-likeness (QED) is 0.837. The highest BCUT2D eigenvalue weighted by Gasteiger charge is 2.19. The van der Waals surface area contributed by atoms with E-state index in [-0.39, 0.29) is 24.8 Å². The standard InChI is InChI=1S/C12H19F2N5O/c1-17(8-10-16-4-7-19(10)12(13)14)9-11(20)18-5-2-15-3-6-18/h4,7,12,15H,2-3,5-6,8-9H2,1H3. The molecule has 20 heavy (non-hydrogen) atoms. The van der Waals surface area contributed by atoms with Crippen molar-refractivity contribution < 1.29 is 13.6 Å². The molecule has 1 aromatic heterocycles. The first-order valence-electron chi connectivity index (χ1n) is 6.55. The molecule has 0 spiro atoms. The Morgan fingerprint density at radius 2 is 2.20 bits per heavy atom. The van der Waals surface area contributed by atoms with Gasteiger partial charge >= 0.3 is 6.55 Å². The Hall–Kier alpha value is -1.54. The Labute approximate surface area is 116 Å². The molecule has 1 fully saturated rings. The van der Waals surface area contributed by atoms with Crippen LogP contribution in [0.3, 0.4) is 0 Å². The van der Waals surface area contributed by atoms with Gasteiger partial charge in [-0.05, 0) is 7.05 Å². The summed E-state index contributed by atoms with van der Waals surface area (Å²) < 4.78 is 26.2. The predicted octanol–water partition coefficient (Wildman–Crippen LogP) is 0.142. The molecule has 0 unspecified atom stereocenters. The van der Waals surface area contributed by atoms with Crippen LogP contribution in [0.25, 0.3) is 0 Å². The molecule has 0 aliphatic carbocycles. The second-order valence-electron chi connectivity index (χ2n) is 4.83. The number of piperazine rings is 1. The summed E-state index contributed by atoms with van der Waals surface area (Å²) in [6.07, 6.45) is 2.58. The summed E-state index contributed by atoms with van der Waals surface area (Å²) >= 11 is 0. The third-order valence-corrected chi connectivity index (χ3v) is 3.25. The number of alkyl halides is 2. The van der Waals surface area contributed by atoms with Crippen LogP contribution in [-0.4, -0.2) is 65.0 Å². The van der Waals surface area contributed by atoms with Crippen LogP contribution in [0.4, 0.5) is 8.78 Å². The van der Waals surface area contributed by atoms with Gasteiger partial charge in [0, 0.05) is 38.6 Å². The van der Waals surface area contributed by atoms with Gasteiger partial charge in [-0.3, -0.25) is 14.3 Å². The van der Waals surface area contributed by atoms with E-state index in [1.165, 1.54) is 12.4 Å². The minimum absolute atomic E-state index is 0.0177. The van der Waals surface area contributed by atoms with Crippen molar-refractivity contribution >= 4 is 5.91 Å². The molecule has 1 N–H and O–H groups in total. The smallest absolute Gasteiger partial charge is 0.319 e. The van der Waals surface area contributed by atoms with Gasteiger partial charge in [0.15, 0.2) is 0 Å². The molecular formula is C12H19F2N5O. The van der Waals surface area contributed by atoms with Crippen LogP contribution < -0.4 is 5.32 Å². The van der Waals surface area contributed by atoms with Crippen molar-refractivity contribution in [2.45, 2.75) is 13.1 Å². The molecule has 1 aromatic rings. The van der Waals surface area contributed by atoms with Crippen molar-refractivity contribution in [3.63, 3.8) is 0 Å². The van der Waals surface area contributed by atoms with Crippen molar-refractivity contribution in [2.75, 3.05) is 39.8 Å². The van der Waals surface area contributed by atoms with Gasteiger partial charge < -0.3 is 10.2 Å². The Balaban J connectivity index is 1.86. The molecule has 6 nitrogen and oxygen atoms in total. The van der Waals surface area contributed by atoms with Gasteiger partial charge in [0.1, 0.15) is 5.82 Å². The zero-order valence-corrected chi connectivity index (χ0v) is 11.4. The summed E-state index contributed by atoms with van der Waals surface area (Å²) in [5.41, 5.74) is 0. The minimum Gasteiger partial charge on any atom is -0.339 e. The molecule has 1 amide bonds. The van der Waals surface area contributed by atoms with Gasteiger partial charge in [-0.2, -0.15) is 8.78 Å². The lowest BCUT2D eigenvalue weighted by Crippen LogP contribution is -2.49. The van der Waals surface area contributed by atoms with Crippen LogP contribution in [0.15, 0.2) is 12.4 Å². The van der Waals surface area contributed by atoms with E-state index in [0.29, 0.717) is 13.1 Å². The van der Waals surface area contributed by atoms with E-state index in [9.17, 15) is 13.6 Å². The van der Waals surface area contributed by atoms with Gasteiger partial charge in [0.05, 0.1) is 13.1 Å². The monoisotopic (exact) mass is 287 g/mol. The van der Waals surface area contributed by atoms with E-state index < -0.39 is 6.55 Å². The normalized spacial score (nSPS) is 16.1. The lowest BCUT2D eigenvalue weighted by atomic mass is 10.3. The number of halogens is 2. The fraction of sp³-hybridized carbons (Fsp3) is 0.667. The van der Waals surface area contributed by atoms with Gasteiger partial charge in [-0.1, -0.05) is 0 Å². The maximum absolute atomic E-state index is 12.7. The summed E-state index contributed by atoms with van der Waals surface area (Å²) in [6.45, 7) is 0.795. The first kappa shape index (κ1) is 14.9. The van der Waals surface area contributed by atoms with Gasteiger partial charge in [0.25, 0.3) is 0 Å². The average molecular weight is 287 g/mol. The molecule has 2 heterocycles. The maximum Gasteiger partial charge on any atom is 0.319 e.